The Kier molecular flexibility index (Phi) is 8.47. The number of aliphatic imine (C=N–C) groups is 1. The summed E-state index contributed by atoms with van der Waals surface area (Å²) in [5, 5.41) is 7.05. The van der Waals surface area contributed by atoms with Crippen LogP contribution >= 0.6 is 24.0 Å². The summed E-state index contributed by atoms with van der Waals surface area (Å²) >= 11 is 0. The molecule has 1 aliphatic heterocycles. The fourth-order valence-corrected chi connectivity index (χ4v) is 3.85. The molecule has 2 N–H and O–H groups in total. The maximum absolute atomic E-state index is 5.75. The van der Waals surface area contributed by atoms with E-state index in [2.05, 4.69) is 33.8 Å². The quantitative estimate of drug-likeness (QED) is 0.362. The Labute approximate surface area is 174 Å². The topological polar surface area (TPSA) is 54.9 Å². The zero-order chi connectivity index (χ0) is 17.5. The molecule has 5 nitrogen and oxygen atoms in total. The number of hydrogen-bond donors (Lipinski definition) is 2. The summed E-state index contributed by atoms with van der Waals surface area (Å²) < 4.78 is 11.0. The molecule has 1 aromatic carbocycles. The highest BCUT2D eigenvalue weighted by molar-refractivity contribution is 14.0. The molecule has 6 heteroatoms. The van der Waals surface area contributed by atoms with Crippen molar-refractivity contribution >= 4 is 29.9 Å². The van der Waals surface area contributed by atoms with Gasteiger partial charge in [0.15, 0.2) is 5.96 Å². The van der Waals surface area contributed by atoms with Crippen molar-refractivity contribution in [2.75, 3.05) is 40.5 Å². The second kappa shape index (κ2) is 10.3. The van der Waals surface area contributed by atoms with Gasteiger partial charge in [0.25, 0.3) is 0 Å². The van der Waals surface area contributed by atoms with E-state index in [9.17, 15) is 0 Å². The van der Waals surface area contributed by atoms with E-state index in [0.29, 0.717) is 11.3 Å². The Morgan fingerprint density at radius 3 is 2.81 bits per heavy atom. The lowest BCUT2D eigenvalue weighted by atomic mass is 9.67. The molecule has 3 rings (SSSR count). The van der Waals surface area contributed by atoms with Gasteiger partial charge in [-0.1, -0.05) is 24.6 Å². The molecule has 1 fully saturated rings. The van der Waals surface area contributed by atoms with Crippen LogP contribution in [0.1, 0.15) is 43.6 Å². The Morgan fingerprint density at radius 2 is 2.12 bits per heavy atom. The predicted octanol–water partition coefficient (Wildman–Crippen LogP) is 3.54. The summed E-state index contributed by atoms with van der Waals surface area (Å²) in [6.45, 7) is 3.48. The van der Waals surface area contributed by atoms with Gasteiger partial charge >= 0.3 is 0 Å². The third-order valence-corrected chi connectivity index (χ3v) is 5.70. The van der Waals surface area contributed by atoms with Gasteiger partial charge in [-0.05, 0) is 42.7 Å². The van der Waals surface area contributed by atoms with Crippen LogP contribution in [0.25, 0.3) is 0 Å². The van der Waals surface area contributed by atoms with E-state index in [0.717, 1.165) is 50.9 Å². The molecule has 26 heavy (non-hydrogen) atoms. The first-order valence-corrected chi connectivity index (χ1v) is 9.41. The Hall–Kier alpha value is -1.02. The van der Waals surface area contributed by atoms with E-state index in [1.807, 2.05) is 13.1 Å². The van der Waals surface area contributed by atoms with Gasteiger partial charge in [-0.3, -0.25) is 4.99 Å². The van der Waals surface area contributed by atoms with Crippen LogP contribution < -0.4 is 15.4 Å². The van der Waals surface area contributed by atoms with Gasteiger partial charge in [-0.2, -0.15) is 0 Å². The van der Waals surface area contributed by atoms with Gasteiger partial charge < -0.3 is 20.1 Å². The van der Waals surface area contributed by atoms with Gasteiger partial charge in [0.1, 0.15) is 5.75 Å². The molecule has 0 saturated heterocycles. The average Bonchev–Trinajstić information content (AvgIpc) is 2.63. The number of halogens is 1. The summed E-state index contributed by atoms with van der Waals surface area (Å²) in [7, 11) is 3.63. The number of guanidine groups is 1. The molecule has 0 aromatic heterocycles. The van der Waals surface area contributed by atoms with E-state index in [-0.39, 0.29) is 24.0 Å². The van der Waals surface area contributed by atoms with Crippen molar-refractivity contribution in [2.24, 2.45) is 10.4 Å². The number of rotatable bonds is 7. The molecule has 146 valence electrons. The van der Waals surface area contributed by atoms with Crippen molar-refractivity contribution in [2.45, 2.75) is 38.0 Å². The summed E-state index contributed by atoms with van der Waals surface area (Å²) in [5.41, 5.74) is 1.69. The fraction of sp³-hybridized carbons (Fsp3) is 0.650. The standard InChI is InChI=1S/C20H31N3O2.HI/c1-21-19(23-15-20(9-5-10-20)11-13-24-2)22-14-16-8-12-25-18-7-4-3-6-17(16)18;/h3-4,6-7,16H,5,8-15H2,1-2H3,(H2,21,22,23);1H. The van der Waals surface area contributed by atoms with E-state index in [1.54, 1.807) is 7.11 Å². The first kappa shape index (κ1) is 21.3. The van der Waals surface area contributed by atoms with Gasteiger partial charge in [0, 0.05) is 39.8 Å². The van der Waals surface area contributed by atoms with Crippen molar-refractivity contribution in [3.8, 4) is 5.75 Å². The minimum Gasteiger partial charge on any atom is -0.493 e. The molecule has 1 unspecified atom stereocenters. The zero-order valence-electron chi connectivity index (χ0n) is 15.9. The summed E-state index contributed by atoms with van der Waals surface area (Å²) in [6, 6.07) is 8.35. The van der Waals surface area contributed by atoms with Crippen LogP contribution in [0.5, 0.6) is 5.75 Å². The van der Waals surface area contributed by atoms with E-state index < -0.39 is 0 Å². The molecule has 0 radical (unpaired) electrons. The largest absolute Gasteiger partial charge is 0.493 e. The lowest BCUT2D eigenvalue weighted by Gasteiger charge is -2.42. The number of para-hydroxylation sites is 1. The number of fused-ring (bicyclic) bond motifs is 1. The normalized spacial score (nSPS) is 20.8. The average molecular weight is 473 g/mol. The molecule has 1 saturated carbocycles. The summed E-state index contributed by atoms with van der Waals surface area (Å²) in [6.07, 6.45) is 6.07. The molecule has 0 amide bonds. The molecule has 2 aliphatic rings. The lowest BCUT2D eigenvalue weighted by molar-refractivity contribution is 0.0732. The number of nitrogens with zero attached hydrogens (tertiary/aromatic N) is 1. The van der Waals surface area contributed by atoms with Crippen LogP contribution in [0.15, 0.2) is 29.3 Å². The minimum atomic E-state index is 0. The smallest absolute Gasteiger partial charge is 0.191 e. The van der Waals surface area contributed by atoms with Crippen LogP contribution in [0.2, 0.25) is 0 Å². The molecule has 0 spiro atoms. The Bertz CT molecular complexity index is 590. The van der Waals surface area contributed by atoms with Crippen LogP contribution in [0.3, 0.4) is 0 Å². The second-order valence-electron chi connectivity index (χ2n) is 7.27. The third kappa shape index (κ3) is 5.25. The molecule has 1 aromatic rings. The second-order valence-corrected chi connectivity index (χ2v) is 7.27. The van der Waals surface area contributed by atoms with Crippen molar-refractivity contribution in [3.63, 3.8) is 0 Å². The highest BCUT2D eigenvalue weighted by atomic mass is 127. The maximum atomic E-state index is 5.75. The van der Waals surface area contributed by atoms with Crippen LogP contribution in [0.4, 0.5) is 0 Å². The van der Waals surface area contributed by atoms with E-state index >= 15 is 0 Å². The highest BCUT2D eigenvalue weighted by Gasteiger charge is 2.36. The first-order chi connectivity index (χ1) is 12.3. The molecule has 1 aliphatic carbocycles. The SMILES string of the molecule is CN=C(NCC1CCOc2ccccc21)NCC1(CCOC)CCC1.I. The van der Waals surface area contributed by atoms with Gasteiger partial charge in [0.2, 0.25) is 0 Å². The van der Waals surface area contributed by atoms with Gasteiger partial charge in [-0.15, -0.1) is 24.0 Å². The van der Waals surface area contributed by atoms with Gasteiger partial charge in [0.05, 0.1) is 6.61 Å². The molecule has 0 bridgehead atoms. The number of methoxy groups -OCH3 is 1. The molecule has 1 heterocycles. The summed E-state index contributed by atoms with van der Waals surface area (Å²) in [5.74, 6) is 2.39. The van der Waals surface area contributed by atoms with Crippen molar-refractivity contribution < 1.29 is 9.47 Å². The predicted molar refractivity (Wildman–Crippen MR) is 117 cm³/mol. The first-order valence-electron chi connectivity index (χ1n) is 9.41. The number of nitrogens with one attached hydrogen (secondary N) is 2. The monoisotopic (exact) mass is 473 g/mol. The van der Waals surface area contributed by atoms with Gasteiger partial charge in [-0.25, -0.2) is 0 Å². The van der Waals surface area contributed by atoms with Crippen molar-refractivity contribution in [3.05, 3.63) is 29.8 Å². The Morgan fingerprint density at radius 1 is 1.31 bits per heavy atom. The van der Waals surface area contributed by atoms with Crippen LogP contribution in [0, 0.1) is 5.41 Å². The van der Waals surface area contributed by atoms with Crippen molar-refractivity contribution in [1.29, 1.82) is 0 Å². The molecular weight excluding hydrogens is 441 g/mol. The zero-order valence-corrected chi connectivity index (χ0v) is 18.3. The Balaban J connectivity index is 0.00000243. The van der Waals surface area contributed by atoms with Crippen molar-refractivity contribution in [1.82, 2.24) is 10.6 Å². The van der Waals surface area contributed by atoms with Crippen LogP contribution in [-0.2, 0) is 4.74 Å². The molecule has 1 atom stereocenters. The summed E-state index contributed by atoms with van der Waals surface area (Å²) in [4.78, 5) is 4.40. The fourth-order valence-electron chi connectivity index (χ4n) is 3.85. The maximum Gasteiger partial charge on any atom is 0.191 e. The third-order valence-electron chi connectivity index (χ3n) is 5.70. The van der Waals surface area contributed by atoms with E-state index in [4.69, 9.17) is 9.47 Å². The number of benzene rings is 1. The lowest BCUT2D eigenvalue weighted by Crippen LogP contribution is -2.47. The number of ether oxygens (including phenoxy) is 2. The minimum absolute atomic E-state index is 0. The highest BCUT2D eigenvalue weighted by Crippen LogP contribution is 2.43. The molecular formula is C20H32IN3O2. The number of hydrogen-bond acceptors (Lipinski definition) is 3. The van der Waals surface area contributed by atoms with Crippen LogP contribution in [-0.4, -0.2) is 46.4 Å². The van der Waals surface area contributed by atoms with E-state index in [1.165, 1.54) is 24.8 Å².